The SMILES string of the molecule is CC(C)CCCc1cc(C2CCCC2)c(O)cc1NC(=O)C1CNc2cc(OC(F)(F)F)ccc2O1. The molecule has 2 aliphatic rings. The summed E-state index contributed by atoms with van der Waals surface area (Å²) in [7, 11) is 0. The van der Waals surface area contributed by atoms with Crippen molar-refractivity contribution in [3.8, 4) is 17.2 Å². The van der Waals surface area contributed by atoms with E-state index in [1.165, 1.54) is 12.1 Å². The summed E-state index contributed by atoms with van der Waals surface area (Å²) < 4.78 is 47.2. The van der Waals surface area contributed by atoms with Crippen molar-refractivity contribution in [2.45, 2.75) is 77.2 Å². The topological polar surface area (TPSA) is 79.8 Å². The molecule has 2 aromatic rings. The van der Waals surface area contributed by atoms with Crippen LogP contribution in [0.15, 0.2) is 30.3 Å². The van der Waals surface area contributed by atoms with Gasteiger partial charge in [0.1, 0.15) is 17.2 Å². The van der Waals surface area contributed by atoms with Crippen molar-refractivity contribution < 1.29 is 32.5 Å². The maximum absolute atomic E-state index is 13.1. The quantitative estimate of drug-likeness (QED) is 0.370. The lowest BCUT2D eigenvalue weighted by Crippen LogP contribution is -2.41. The summed E-state index contributed by atoms with van der Waals surface area (Å²) in [4.78, 5) is 13.1. The van der Waals surface area contributed by atoms with Gasteiger partial charge >= 0.3 is 6.36 Å². The summed E-state index contributed by atoms with van der Waals surface area (Å²) >= 11 is 0. The Morgan fingerprint density at radius 1 is 1.22 bits per heavy atom. The number of benzene rings is 2. The minimum absolute atomic E-state index is 0.0725. The van der Waals surface area contributed by atoms with Crippen LogP contribution in [0, 0.1) is 5.92 Å². The Kier molecular flexibility index (Phi) is 7.85. The van der Waals surface area contributed by atoms with Crippen LogP contribution in [0.3, 0.4) is 0 Å². The lowest BCUT2D eigenvalue weighted by Gasteiger charge is -2.27. The number of phenolic OH excluding ortho intramolecular Hbond substituents is 1. The molecule has 9 heteroatoms. The maximum Gasteiger partial charge on any atom is 0.573 e. The van der Waals surface area contributed by atoms with Gasteiger partial charge in [-0.25, -0.2) is 0 Å². The highest BCUT2D eigenvalue weighted by atomic mass is 19.4. The molecule has 1 unspecified atom stereocenters. The van der Waals surface area contributed by atoms with Crippen LogP contribution in [0.2, 0.25) is 0 Å². The molecule has 3 N–H and O–H groups in total. The average Bonchev–Trinajstić information content (AvgIpc) is 3.33. The Morgan fingerprint density at radius 3 is 2.67 bits per heavy atom. The predicted molar refractivity (Wildman–Crippen MR) is 132 cm³/mol. The molecule has 6 nitrogen and oxygen atoms in total. The molecule has 2 aromatic carbocycles. The van der Waals surface area contributed by atoms with Crippen LogP contribution in [-0.2, 0) is 11.2 Å². The number of halogens is 3. The predicted octanol–water partition coefficient (Wildman–Crippen LogP) is 6.74. The van der Waals surface area contributed by atoms with Gasteiger partial charge < -0.3 is 25.2 Å². The summed E-state index contributed by atoms with van der Waals surface area (Å²) in [6.07, 6.45) is 1.53. The number of hydrogen-bond acceptors (Lipinski definition) is 5. The number of carbonyl (C=O) groups is 1. The lowest BCUT2D eigenvalue weighted by molar-refractivity contribution is -0.274. The van der Waals surface area contributed by atoms with Crippen LogP contribution < -0.4 is 20.1 Å². The Bertz CT molecular complexity index is 1080. The van der Waals surface area contributed by atoms with Crippen molar-refractivity contribution >= 4 is 17.3 Å². The summed E-state index contributed by atoms with van der Waals surface area (Å²) in [5.74, 6) is 0.582. The molecule has 1 atom stereocenters. The number of fused-ring (bicyclic) bond motifs is 1. The van der Waals surface area contributed by atoms with E-state index in [0.29, 0.717) is 23.2 Å². The first kappa shape index (κ1) is 26.0. The summed E-state index contributed by atoms with van der Waals surface area (Å²) in [5, 5.41) is 16.6. The molecule has 0 aromatic heterocycles. The second kappa shape index (κ2) is 10.9. The molecule has 0 bridgehead atoms. The van der Waals surface area contributed by atoms with Gasteiger partial charge in [0.25, 0.3) is 5.91 Å². The van der Waals surface area contributed by atoms with E-state index in [2.05, 4.69) is 29.2 Å². The molecule has 0 saturated heterocycles. The lowest BCUT2D eigenvalue weighted by atomic mass is 9.92. The normalized spacial score (nSPS) is 17.9. The zero-order valence-corrected chi connectivity index (χ0v) is 20.6. The molecule has 1 fully saturated rings. The highest BCUT2D eigenvalue weighted by Gasteiger charge is 2.32. The van der Waals surface area contributed by atoms with Gasteiger partial charge in [-0.05, 0) is 66.8 Å². The highest BCUT2D eigenvalue weighted by Crippen LogP contribution is 2.41. The third-order valence-corrected chi connectivity index (χ3v) is 6.76. The number of phenols is 1. The van der Waals surface area contributed by atoms with Crippen LogP contribution in [0.25, 0.3) is 0 Å². The molecule has 1 heterocycles. The van der Waals surface area contributed by atoms with E-state index in [-0.39, 0.29) is 23.8 Å². The molecule has 196 valence electrons. The number of nitrogens with one attached hydrogen (secondary N) is 2. The van der Waals surface area contributed by atoms with Crippen molar-refractivity contribution in [1.82, 2.24) is 0 Å². The van der Waals surface area contributed by atoms with E-state index >= 15 is 0 Å². The van der Waals surface area contributed by atoms with Crippen molar-refractivity contribution in [3.05, 3.63) is 41.5 Å². The average molecular weight is 507 g/mol. The maximum atomic E-state index is 13.1. The Labute approximate surface area is 209 Å². The van der Waals surface area contributed by atoms with Gasteiger partial charge in [0.15, 0.2) is 6.10 Å². The molecule has 36 heavy (non-hydrogen) atoms. The first-order valence-corrected chi connectivity index (χ1v) is 12.6. The van der Waals surface area contributed by atoms with Gasteiger partial charge in [0.05, 0.1) is 12.2 Å². The van der Waals surface area contributed by atoms with Crippen molar-refractivity contribution in [1.29, 1.82) is 0 Å². The molecular formula is C27H33F3N2O4. The van der Waals surface area contributed by atoms with E-state index in [0.717, 1.165) is 62.1 Å². The highest BCUT2D eigenvalue weighted by molar-refractivity contribution is 5.96. The number of rotatable bonds is 8. The molecule has 1 amide bonds. The zero-order chi connectivity index (χ0) is 25.9. The van der Waals surface area contributed by atoms with Gasteiger partial charge in [0.2, 0.25) is 0 Å². The monoisotopic (exact) mass is 506 g/mol. The molecule has 0 radical (unpaired) electrons. The van der Waals surface area contributed by atoms with Crippen LogP contribution >= 0.6 is 0 Å². The zero-order valence-electron chi connectivity index (χ0n) is 20.6. The van der Waals surface area contributed by atoms with Crippen molar-refractivity contribution in [3.63, 3.8) is 0 Å². The molecule has 1 saturated carbocycles. The fourth-order valence-corrected chi connectivity index (χ4v) is 4.94. The fourth-order valence-electron chi connectivity index (χ4n) is 4.94. The number of hydrogen-bond donors (Lipinski definition) is 3. The minimum atomic E-state index is -4.79. The van der Waals surface area contributed by atoms with E-state index in [4.69, 9.17) is 4.74 Å². The molecule has 4 rings (SSSR count). The number of anilines is 2. The van der Waals surface area contributed by atoms with Crippen LogP contribution in [-0.4, -0.2) is 30.0 Å². The number of aromatic hydroxyl groups is 1. The second-order valence-electron chi connectivity index (χ2n) is 10.0. The number of carbonyl (C=O) groups excluding carboxylic acids is 1. The number of amides is 1. The van der Waals surface area contributed by atoms with E-state index < -0.39 is 18.4 Å². The first-order chi connectivity index (χ1) is 17.1. The van der Waals surface area contributed by atoms with Crippen LogP contribution in [0.5, 0.6) is 17.2 Å². The fraction of sp³-hybridized carbons (Fsp3) is 0.519. The molecule has 0 spiro atoms. The minimum Gasteiger partial charge on any atom is -0.508 e. The smallest absolute Gasteiger partial charge is 0.508 e. The number of ether oxygens (including phenoxy) is 2. The van der Waals surface area contributed by atoms with E-state index in [1.54, 1.807) is 6.07 Å². The largest absolute Gasteiger partial charge is 0.573 e. The van der Waals surface area contributed by atoms with Crippen molar-refractivity contribution in [2.75, 3.05) is 17.2 Å². The van der Waals surface area contributed by atoms with Gasteiger partial charge in [0, 0.05) is 17.8 Å². The van der Waals surface area contributed by atoms with E-state index in [9.17, 15) is 23.1 Å². The Morgan fingerprint density at radius 2 is 1.97 bits per heavy atom. The third-order valence-electron chi connectivity index (χ3n) is 6.76. The first-order valence-electron chi connectivity index (χ1n) is 12.6. The van der Waals surface area contributed by atoms with Gasteiger partial charge in [-0.2, -0.15) is 0 Å². The second-order valence-corrected chi connectivity index (χ2v) is 10.0. The summed E-state index contributed by atoms with van der Waals surface area (Å²) in [6.45, 7) is 4.42. The third kappa shape index (κ3) is 6.56. The Balaban J connectivity index is 1.48. The van der Waals surface area contributed by atoms with E-state index in [1.807, 2.05) is 6.07 Å². The number of aryl methyl sites for hydroxylation is 1. The van der Waals surface area contributed by atoms with Gasteiger partial charge in [-0.3, -0.25) is 4.79 Å². The molecule has 1 aliphatic carbocycles. The van der Waals surface area contributed by atoms with Gasteiger partial charge in [-0.15, -0.1) is 13.2 Å². The standard InChI is InChI=1S/C27H33F3N2O4/c1-16(2)6-5-9-18-12-20(17-7-3-4-8-17)23(33)14-21(18)32-26(34)25-15-31-22-13-19(36-27(28,29)30)10-11-24(22)35-25/h10-14,16-17,25,31,33H,3-9,15H2,1-2H3,(H,32,34). The van der Waals surface area contributed by atoms with Crippen LogP contribution in [0.1, 0.15) is 69.4 Å². The van der Waals surface area contributed by atoms with Crippen molar-refractivity contribution in [2.24, 2.45) is 5.92 Å². The molecular weight excluding hydrogens is 473 g/mol. The summed E-state index contributed by atoms with van der Waals surface area (Å²) in [6, 6.07) is 7.34. The van der Waals surface area contributed by atoms with Gasteiger partial charge in [-0.1, -0.05) is 33.1 Å². The molecule has 1 aliphatic heterocycles. The Hall–Kier alpha value is -3.10. The summed E-state index contributed by atoms with van der Waals surface area (Å²) in [5.41, 5.74) is 2.81. The van der Waals surface area contributed by atoms with Crippen LogP contribution in [0.4, 0.5) is 24.5 Å². The number of alkyl halides is 3.